The van der Waals surface area contributed by atoms with Crippen molar-refractivity contribution in [3.8, 4) is 11.5 Å². The van der Waals surface area contributed by atoms with E-state index in [1.54, 1.807) is 17.4 Å². The molecule has 1 aliphatic rings. The molecule has 0 bridgehead atoms. The number of hydrogen-bond donors (Lipinski definition) is 1. The van der Waals surface area contributed by atoms with E-state index in [2.05, 4.69) is 16.4 Å². The number of anilines is 1. The van der Waals surface area contributed by atoms with E-state index in [1.165, 1.54) is 12.1 Å². The smallest absolute Gasteiger partial charge is 0.225 e. The molecule has 0 unspecified atom stereocenters. The first-order valence-electron chi connectivity index (χ1n) is 10.8. The van der Waals surface area contributed by atoms with Gasteiger partial charge in [0.2, 0.25) is 5.91 Å². The molecule has 7 nitrogen and oxygen atoms in total. The average molecular weight is 495 g/mol. The van der Waals surface area contributed by atoms with Gasteiger partial charge in [-0.2, -0.15) is 0 Å². The molecule has 1 aromatic heterocycles. The van der Waals surface area contributed by atoms with E-state index >= 15 is 0 Å². The molecule has 1 amide bonds. The van der Waals surface area contributed by atoms with E-state index in [0.717, 1.165) is 20.8 Å². The number of nitrogens with zero attached hydrogens (tertiary/aromatic N) is 1. The van der Waals surface area contributed by atoms with Crippen LogP contribution in [0.5, 0.6) is 11.5 Å². The number of nitrogens with one attached hydrogen (secondary N) is 1. The number of amides is 1. The maximum Gasteiger partial charge on any atom is 0.225 e. The Morgan fingerprint density at radius 1 is 0.971 bits per heavy atom. The molecule has 9 heteroatoms. The van der Waals surface area contributed by atoms with Crippen molar-refractivity contribution in [3.63, 3.8) is 0 Å². The third-order valence-corrected chi connectivity index (χ3v) is 8.15. The average Bonchev–Trinajstić information content (AvgIpc) is 3.26. The van der Waals surface area contributed by atoms with Crippen molar-refractivity contribution in [1.29, 1.82) is 0 Å². The fourth-order valence-corrected chi connectivity index (χ4v) is 5.91. The van der Waals surface area contributed by atoms with Gasteiger partial charge in [-0.15, -0.1) is 11.3 Å². The quantitative estimate of drug-likeness (QED) is 0.408. The monoisotopic (exact) mass is 494 g/mol. The summed E-state index contributed by atoms with van der Waals surface area (Å²) in [6.07, 6.45) is 0.561. The van der Waals surface area contributed by atoms with E-state index in [1.807, 2.05) is 42.5 Å². The normalized spacial score (nSPS) is 13.1. The molecule has 1 aliphatic heterocycles. The maximum atomic E-state index is 12.7. The standard InChI is InChI=1S/C25H22N2O5S2/c28-24(11-14-34(29,30)19-9-10-21-22(16-19)32-13-12-31-21)26-18-7-5-17(6-8-18)15-25-27-20-3-1-2-4-23(20)33-25/h1-10,16H,11-15H2,(H,26,28). The van der Waals surface area contributed by atoms with E-state index in [9.17, 15) is 13.2 Å². The fourth-order valence-electron chi connectivity index (χ4n) is 3.66. The van der Waals surface area contributed by atoms with Crippen LogP contribution in [-0.4, -0.2) is 38.3 Å². The molecule has 34 heavy (non-hydrogen) atoms. The second-order valence-corrected chi connectivity index (χ2v) is 11.1. The number of rotatable bonds is 7. The van der Waals surface area contributed by atoms with Crippen LogP contribution in [0.15, 0.2) is 71.6 Å². The zero-order valence-electron chi connectivity index (χ0n) is 18.2. The second-order valence-electron chi connectivity index (χ2n) is 7.87. The van der Waals surface area contributed by atoms with Crippen molar-refractivity contribution in [2.75, 3.05) is 24.3 Å². The lowest BCUT2D eigenvalue weighted by atomic mass is 10.1. The summed E-state index contributed by atoms with van der Waals surface area (Å²) in [6, 6.07) is 20.1. The fraction of sp³-hybridized carbons (Fsp3) is 0.200. The largest absolute Gasteiger partial charge is 0.486 e. The lowest BCUT2D eigenvalue weighted by Gasteiger charge is -2.18. The highest BCUT2D eigenvalue weighted by Crippen LogP contribution is 2.32. The highest BCUT2D eigenvalue weighted by atomic mass is 32.2. The number of fused-ring (bicyclic) bond motifs is 2. The topological polar surface area (TPSA) is 94.6 Å². The van der Waals surface area contributed by atoms with Gasteiger partial charge in [-0.25, -0.2) is 13.4 Å². The van der Waals surface area contributed by atoms with Gasteiger partial charge in [0.15, 0.2) is 21.3 Å². The number of thiazole rings is 1. The van der Waals surface area contributed by atoms with Gasteiger partial charge in [-0.1, -0.05) is 24.3 Å². The Kier molecular flexibility index (Phi) is 6.21. The number of carbonyl (C=O) groups is 1. The Bertz CT molecular complexity index is 1410. The summed E-state index contributed by atoms with van der Waals surface area (Å²) in [6.45, 7) is 0.806. The van der Waals surface area contributed by atoms with Crippen LogP contribution in [0, 0.1) is 0 Å². The molecule has 0 saturated heterocycles. The van der Waals surface area contributed by atoms with Gasteiger partial charge in [0, 0.05) is 24.6 Å². The van der Waals surface area contributed by atoms with Crippen LogP contribution in [0.2, 0.25) is 0 Å². The molecule has 174 valence electrons. The molecular weight excluding hydrogens is 472 g/mol. The van der Waals surface area contributed by atoms with Crippen molar-refractivity contribution >= 4 is 43.0 Å². The van der Waals surface area contributed by atoms with E-state index in [-0.39, 0.29) is 23.0 Å². The third kappa shape index (κ3) is 5.05. The van der Waals surface area contributed by atoms with E-state index in [0.29, 0.717) is 36.8 Å². The van der Waals surface area contributed by atoms with Crippen LogP contribution in [0.3, 0.4) is 0 Å². The van der Waals surface area contributed by atoms with Gasteiger partial charge in [0.1, 0.15) is 13.2 Å². The molecule has 1 N–H and O–H groups in total. The second kappa shape index (κ2) is 9.44. The van der Waals surface area contributed by atoms with E-state index < -0.39 is 9.84 Å². The molecular formula is C25H22N2O5S2. The predicted octanol–water partition coefficient (Wildman–Crippen LogP) is 4.46. The number of ether oxygens (including phenoxy) is 2. The minimum Gasteiger partial charge on any atom is -0.486 e. The zero-order valence-corrected chi connectivity index (χ0v) is 19.8. The number of sulfone groups is 1. The van der Waals surface area contributed by atoms with Crippen molar-refractivity contribution in [2.45, 2.75) is 17.7 Å². The van der Waals surface area contributed by atoms with Gasteiger partial charge >= 0.3 is 0 Å². The lowest BCUT2D eigenvalue weighted by Crippen LogP contribution is -2.18. The first-order valence-corrected chi connectivity index (χ1v) is 13.3. The molecule has 0 spiro atoms. The summed E-state index contributed by atoms with van der Waals surface area (Å²) in [5.74, 6) is 0.269. The first-order chi connectivity index (χ1) is 16.5. The van der Waals surface area contributed by atoms with Crippen LogP contribution in [0.4, 0.5) is 5.69 Å². The minimum atomic E-state index is -3.64. The third-order valence-electron chi connectivity index (χ3n) is 5.40. The van der Waals surface area contributed by atoms with Crippen LogP contribution in [0.25, 0.3) is 10.2 Å². The highest BCUT2D eigenvalue weighted by molar-refractivity contribution is 7.91. The highest BCUT2D eigenvalue weighted by Gasteiger charge is 2.20. The molecule has 5 rings (SSSR count). The summed E-state index contributed by atoms with van der Waals surface area (Å²) in [4.78, 5) is 17.1. The van der Waals surface area contributed by atoms with Gasteiger partial charge in [-0.3, -0.25) is 4.79 Å². The molecule has 0 radical (unpaired) electrons. The van der Waals surface area contributed by atoms with Crippen LogP contribution in [-0.2, 0) is 21.1 Å². The molecule has 0 atom stereocenters. The van der Waals surface area contributed by atoms with Gasteiger partial charge in [0.25, 0.3) is 0 Å². The summed E-state index contributed by atoms with van der Waals surface area (Å²) in [5, 5.41) is 3.80. The van der Waals surface area contributed by atoms with Crippen molar-refractivity contribution in [2.24, 2.45) is 0 Å². The van der Waals surface area contributed by atoms with Crippen LogP contribution >= 0.6 is 11.3 Å². The predicted molar refractivity (Wildman–Crippen MR) is 132 cm³/mol. The Balaban J connectivity index is 1.17. The number of carbonyl (C=O) groups excluding carboxylic acids is 1. The summed E-state index contributed by atoms with van der Waals surface area (Å²) < 4.78 is 37.4. The molecule has 2 heterocycles. The van der Waals surface area contributed by atoms with Gasteiger partial charge in [-0.05, 0) is 42.0 Å². The Morgan fingerprint density at radius 2 is 1.74 bits per heavy atom. The Morgan fingerprint density at radius 3 is 2.53 bits per heavy atom. The minimum absolute atomic E-state index is 0.115. The molecule has 0 saturated carbocycles. The molecule has 3 aromatic carbocycles. The Hall–Kier alpha value is -3.43. The van der Waals surface area contributed by atoms with Crippen molar-refractivity contribution in [3.05, 3.63) is 77.3 Å². The van der Waals surface area contributed by atoms with E-state index in [4.69, 9.17) is 9.47 Å². The van der Waals surface area contributed by atoms with Gasteiger partial charge in [0.05, 0.1) is 25.9 Å². The van der Waals surface area contributed by atoms with Crippen LogP contribution in [0.1, 0.15) is 17.0 Å². The van der Waals surface area contributed by atoms with Crippen molar-refractivity contribution < 1.29 is 22.7 Å². The number of aromatic nitrogens is 1. The van der Waals surface area contributed by atoms with Gasteiger partial charge < -0.3 is 14.8 Å². The zero-order chi connectivity index (χ0) is 23.5. The first kappa shape index (κ1) is 22.4. The number of benzene rings is 3. The summed E-state index contributed by atoms with van der Waals surface area (Å²) in [7, 11) is -3.64. The Labute approximate surface area is 201 Å². The lowest BCUT2D eigenvalue weighted by molar-refractivity contribution is -0.115. The molecule has 4 aromatic rings. The maximum absolute atomic E-state index is 12.7. The number of hydrogen-bond acceptors (Lipinski definition) is 7. The summed E-state index contributed by atoms with van der Waals surface area (Å²) in [5.41, 5.74) is 2.70. The SMILES string of the molecule is O=C(CCS(=O)(=O)c1ccc2c(c1)OCCO2)Nc1ccc(Cc2nc3ccccc3s2)cc1. The number of para-hydroxylation sites is 1. The molecule has 0 fully saturated rings. The van der Waals surface area contributed by atoms with Crippen molar-refractivity contribution in [1.82, 2.24) is 4.98 Å². The molecule has 0 aliphatic carbocycles. The van der Waals surface area contributed by atoms with Crippen LogP contribution < -0.4 is 14.8 Å². The summed E-state index contributed by atoms with van der Waals surface area (Å²) >= 11 is 1.67.